The molecule has 1 aliphatic heterocycles. The molecule has 2 atom stereocenters. The molecule has 1 fully saturated rings. The predicted octanol–water partition coefficient (Wildman–Crippen LogP) is 4.63. The first-order chi connectivity index (χ1) is 7.66. The zero-order chi connectivity index (χ0) is 11.3. The van der Waals surface area contributed by atoms with Crippen molar-refractivity contribution in [1.29, 1.82) is 0 Å². The Kier molecular flexibility index (Phi) is 2.61. The molecule has 1 saturated carbocycles. The van der Waals surface area contributed by atoms with Gasteiger partial charge in [0.2, 0.25) is 0 Å². The lowest BCUT2D eigenvalue weighted by Crippen LogP contribution is -2.29. The van der Waals surface area contributed by atoms with E-state index in [4.69, 9.17) is 35.4 Å². The summed E-state index contributed by atoms with van der Waals surface area (Å²) in [5, 5.41) is 4.66. The van der Waals surface area contributed by atoms with Gasteiger partial charge in [0.25, 0.3) is 0 Å². The third kappa shape index (κ3) is 1.55. The molecule has 1 N–H and O–H groups in total. The lowest BCUT2D eigenvalue weighted by Gasteiger charge is -2.31. The van der Waals surface area contributed by atoms with Gasteiger partial charge in [-0.25, -0.2) is 0 Å². The molecule has 1 aliphatic carbocycles. The molecule has 2 unspecified atom stereocenters. The van der Waals surface area contributed by atoms with E-state index in [0.29, 0.717) is 21.9 Å². The predicted molar refractivity (Wildman–Crippen MR) is 72.8 cm³/mol. The van der Waals surface area contributed by atoms with E-state index in [1.165, 1.54) is 24.8 Å². The molecular formula is C12H11Cl2NS. The molecule has 0 radical (unpaired) electrons. The molecule has 4 heteroatoms. The number of halogens is 2. The molecule has 0 amide bonds. The van der Waals surface area contributed by atoms with E-state index in [1.807, 2.05) is 6.07 Å². The summed E-state index contributed by atoms with van der Waals surface area (Å²) in [5.74, 6) is 0.997. The monoisotopic (exact) mass is 271 g/mol. The molecule has 2 aliphatic rings. The molecule has 1 aromatic carbocycles. The Morgan fingerprint density at radius 3 is 2.75 bits per heavy atom. The minimum absolute atomic E-state index is 0.483. The number of anilines is 1. The number of hydrogen-bond acceptors (Lipinski definition) is 1. The standard InChI is InChI=1S/C12H11Cl2NS/c13-6-4-9-7-2-1-3-8(7)12(16)15-11(9)10(14)5-6/h4-5,7-8H,1-3H2,(H,15,16). The summed E-state index contributed by atoms with van der Waals surface area (Å²) in [4.78, 5) is 0.944. The van der Waals surface area contributed by atoms with Gasteiger partial charge in [0.1, 0.15) is 0 Å². The minimum atomic E-state index is 0.483. The maximum Gasteiger partial charge on any atom is 0.0835 e. The van der Waals surface area contributed by atoms with Crippen LogP contribution in [0.3, 0.4) is 0 Å². The van der Waals surface area contributed by atoms with Gasteiger partial charge >= 0.3 is 0 Å². The number of benzene rings is 1. The number of thiocarbonyl (C=S) groups is 1. The average Bonchev–Trinajstić information content (AvgIpc) is 2.69. The van der Waals surface area contributed by atoms with Crippen molar-refractivity contribution in [2.24, 2.45) is 5.92 Å². The van der Waals surface area contributed by atoms with Gasteiger partial charge < -0.3 is 5.32 Å². The van der Waals surface area contributed by atoms with E-state index in [1.54, 1.807) is 6.07 Å². The minimum Gasteiger partial charge on any atom is -0.348 e. The van der Waals surface area contributed by atoms with E-state index in [2.05, 4.69) is 5.32 Å². The van der Waals surface area contributed by atoms with Crippen molar-refractivity contribution in [2.45, 2.75) is 25.2 Å². The maximum absolute atomic E-state index is 6.20. The topological polar surface area (TPSA) is 12.0 Å². The lowest BCUT2D eigenvalue weighted by atomic mass is 9.84. The van der Waals surface area contributed by atoms with Crippen molar-refractivity contribution in [3.8, 4) is 0 Å². The van der Waals surface area contributed by atoms with Gasteiger partial charge in [0.05, 0.1) is 15.7 Å². The molecule has 0 aromatic heterocycles. The Balaban J connectivity index is 2.17. The van der Waals surface area contributed by atoms with Gasteiger partial charge in [-0.15, -0.1) is 0 Å². The molecule has 1 nitrogen and oxygen atoms in total. The van der Waals surface area contributed by atoms with E-state index in [-0.39, 0.29) is 0 Å². The zero-order valence-corrected chi connectivity index (χ0v) is 10.9. The number of rotatable bonds is 0. The van der Waals surface area contributed by atoms with Crippen molar-refractivity contribution in [3.05, 3.63) is 27.7 Å². The summed E-state index contributed by atoms with van der Waals surface area (Å²) in [6.45, 7) is 0. The smallest absolute Gasteiger partial charge is 0.0835 e. The third-order valence-electron chi connectivity index (χ3n) is 3.59. The van der Waals surface area contributed by atoms with Crippen LogP contribution in [0.1, 0.15) is 30.7 Å². The largest absolute Gasteiger partial charge is 0.348 e. The first-order valence-corrected chi connectivity index (χ1v) is 6.63. The highest BCUT2D eigenvalue weighted by molar-refractivity contribution is 7.80. The molecule has 84 valence electrons. The lowest BCUT2D eigenvalue weighted by molar-refractivity contribution is 0.621. The SMILES string of the molecule is S=C1Nc2c(Cl)cc(Cl)cc2C2CCCC12. The quantitative estimate of drug-likeness (QED) is 0.691. The van der Waals surface area contributed by atoms with Crippen LogP contribution in [0.4, 0.5) is 5.69 Å². The summed E-state index contributed by atoms with van der Waals surface area (Å²) in [6, 6.07) is 3.80. The number of hydrogen-bond donors (Lipinski definition) is 1. The normalized spacial score (nSPS) is 27.2. The summed E-state index contributed by atoms with van der Waals surface area (Å²) < 4.78 is 0. The van der Waals surface area contributed by atoms with Crippen molar-refractivity contribution in [1.82, 2.24) is 0 Å². The van der Waals surface area contributed by atoms with Crippen LogP contribution >= 0.6 is 35.4 Å². The number of fused-ring (bicyclic) bond motifs is 3. The Hall–Kier alpha value is -0.310. The van der Waals surface area contributed by atoms with E-state index in [9.17, 15) is 0 Å². The Morgan fingerprint density at radius 1 is 1.19 bits per heavy atom. The fraction of sp³-hybridized carbons (Fsp3) is 0.417. The highest BCUT2D eigenvalue weighted by Gasteiger charge is 2.37. The van der Waals surface area contributed by atoms with Gasteiger partial charge in [-0.2, -0.15) is 0 Å². The molecule has 3 rings (SSSR count). The van der Waals surface area contributed by atoms with E-state index < -0.39 is 0 Å². The molecule has 1 aromatic rings. The Morgan fingerprint density at radius 2 is 1.94 bits per heavy atom. The maximum atomic E-state index is 6.20. The van der Waals surface area contributed by atoms with Crippen LogP contribution in [0.5, 0.6) is 0 Å². The zero-order valence-electron chi connectivity index (χ0n) is 8.59. The van der Waals surface area contributed by atoms with Gasteiger partial charge in [-0.3, -0.25) is 0 Å². The van der Waals surface area contributed by atoms with Crippen molar-refractivity contribution in [2.75, 3.05) is 5.32 Å². The van der Waals surface area contributed by atoms with Crippen molar-refractivity contribution in [3.63, 3.8) is 0 Å². The Labute approximate surface area is 110 Å². The first kappa shape index (κ1) is 10.8. The van der Waals surface area contributed by atoms with Crippen LogP contribution in [0, 0.1) is 5.92 Å². The second kappa shape index (κ2) is 3.86. The second-order valence-electron chi connectivity index (χ2n) is 4.48. The van der Waals surface area contributed by atoms with Crippen LogP contribution in [-0.2, 0) is 0 Å². The van der Waals surface area contributed by atoms with Crippen LogP contribution in [0.2, 0.25) is 10.0 Å². The van der Waals surface area contributed by atoms with E-state index in [0.717, 1.165) is 10.7 Å². The van der Waals surface area contributed by atoms with E-state index >= 15 is 0 Å². The van der Waals surface area contributed by atoms with Crippen LogP contribution in [-0.4, -0.2) is 4.99 Å². The number of nitrogens with one attached hydrogen (secondary N) is 1. The molecule has 0 saturated heterocycles. The van der Waals surface area contributed by atoms with Crippen LogP contribution < -0.4 is 5.32 Å². The summed E-state index contributed by atoms with van der Waals surface area (Å²) in [6.07, 6.45) is 3.61. The van der Waals surface area contributed by atoms with Crippen LogP contribution in [0.25, 0.3) is 0 Å². The highest BCUT2D eigenvalue weighted by Crippen LogP contribution is 2.49. The summed E-state index contributed by atoms with van der Waals surface area (Å²) in [5.41, 5.74) is 2.22. The van der Waals surface area contributed by atoms with Gasteiger partial charge in [0.15, 0.2) is 0 Å². The van der Waals surface area contributed by atoms with Gasteiger partial charge in [0, 0.05) is 10.9 Å². The van der Waals surface area contributed by atoms with Gasteiger partial charge in [-0.1, -0.05) is 41.8 Å². The summed E-state index contributed by atoms with van der Waals surface area (Å²) >= 11 is 17.7. The Bertz CT molecular complexity index is 472. The van der Waals surface area contributed by atoms with Crippen molar-refractivity contribution < 1.29 is 0 Å². The second-order valence-corrected chi connectivity index (χ2v) is 5.77. The molecule has 0 bridgehead atoms. The first-order valence-electron chi connectivity index (χ1n) is 5.46. The molecular weight excluding hydrogens is 261 g/mol. The van der Waals surface area contributed by atoms with Crippen molar-refractivity contribution >= 4 is 46.1 Å². The van der Waals surface area contributed by atoms with Crippen LogP contribution in [0.15, 0.2) is 12.1 Å². The third-order valence-corrected chi connectivity index (χ3v) is 4.51. The molecule has 0 spiro atoms. The highest BCUT2D eigenvalue weighted by atomic mass is 35.5. The molecule has 16 heavy (non-hydrogen) atoms. The average molecular weight is 272 g/mol. The molecule has 1 heterocycles. The van der Waals surface area contributed by atoms with Gasteiger partial charge in [-0.05, 0) is 36.5 Å². The fourth-order valence-electron chi connectivity index (χ4n) is 2.88. The fourth-order valence-corrected chi connectivity index (χ4v) is 3.82. The summed E-state index contributed by atoms with van der Waals surface area (Å²) in [7, 11) is 0.